The summed E-state index contributed by atoms with van der Waals surface area (Å²) in [5.41, 5.74) is 2.65. The van der Waals surface area contributed by atoms with Gasteiger partial charge in [-0.05, 0) is 35.8 Å². The first-order valence-corrected chi connectivity index (χ1v) is 8.57. The Balaban J connectivity index is 1.87. The van der Waals surface area contributed by atoms with Gasteiger partial charge in [0.1, 0.15) is 6.04 Å². The third-order valence-electron chi connectivity index (χ3n) is 3.88. The molecule has 6 heteroatoms. The number of nitrogens with one attached hydrogen (secondary N) is 2. The van der Waals surface area contributed by atoms with E-state index in [-0.39, 0.29) is 18.6 Å². The van der Waals surface area contributed by atoms with Gasteiger partial charge in [0.25, 0.3) is 0 Å². The largest absolute Gasteiger partial charge is 0.468 e. The fourth-order valence-corrected chi connectivity index (χ4v) is 2.44. The Hall–Kier alpha value is -2.96. The van der Waals surface area contributed by atoms with Crippen molar-refractivity contribution in [1.29, 1.82) is 0 Å². The van der Waals surface area contributed by atoms with Gasteiger partial charge in [-0.2, -0.15) is 0 Å². The molecule has 0 radical (unpaired) electrons. The molecular formula is C21H24N2O4. The summed E-state index contributed by atoms with van der Waals surface area (Å²) in [5.74, 6) is -0.630. The molecule has 1 amide bonds. The Kier molecular flexibility index (Phi) is 8.22. The first-order chi connectivity index (χ1) is 13.1. The van der Waals surface area contributed by atoms with Crippen LogP contribution in [0.4, 0.5) is 5.69 Å². The molecule has 0 aliphatic heterocycles. The third-order valence-corrected chi connectivity index (χ3v) is 3.88. The molecule has 0 spiro atoms. The minimum atomic E-state index is -0.528. The Bertz CT molecular complexity index is 745. The molecule has 6 nitrogen and oxygen atoms in total. The van der Waals surface area contributed by atoms with Gasteiger partial charge in [-0.25, -0.2) is 0 Å². The number of benzene rings is 2. The number of carbonyl (C=O) groups is 2. The maximum absolute atomic E-state index is 12.0. The quantitative estimate of drug-likeness (QED) is 0.292. The van der Waals surface area contributed by atoms with E-state index in [2.05, 4.69) is 17.2 Å². The lowest BCUT2D eigenvalue weighted by molar-refractivity contribution is -0.143. The third kappa shape index (κ3) is 7.05. The van der Waals surface area contributed by atoms with E-state index in [1.165, 1.54) is 13.2 Å². The minimum absolute atomic E-state index is 0.224. The molecule has 0 saturated heterocycles. The number of amides is 1. The van der Waals surface area contributed by atoms with Crippen LogP contribution < -0.4 is 10.6 Å². The molecule has 0 aliphatic rings. The topological polar surface area (TPSA) is 76.7 Å². The van der Waals surface area contributed by atoms with Crippen LogP contribution in [0.3, 0.4) is 0 Å². The van der Waals surface area contributed by atoms with E-state index >= 15 is 0 Å². The highest BCUT2D eigenvalue weighted by Crippen LogP contribution is 2.12. The summed E-state index contributed by atoms with van der Waals surface area (Å²) in [4.78, 5) is 23.3. The van der Waals surface area contributed by atoms with Crippen molar-refractivity contribution in [3.05, 3.63) is 78.4 Å². The molecular weight excluding hydrogens is 344 g/mol. The maximum Gasteiger partial charge on any atom is 0.323 e. The lowest BCUT2D eigenvalue weighted by Gasteiger charge is -2.17. The van der Waals surface area contributed by atoms with Crippen LogP contribution in [0.2, 0.25) is 0 Å². The van der Waals surface area contributed by atoms with E-state index in [0.29, 0.717) is 18.7 Å². The zero-order valence-electron chi connectivity index (χ0n) is 15.3. The average molecular weight is 368 g/mol. The van der Waals surface area contributed by atoms with E-state index in [1.54, 1.807) is 12.1 Å². The highest BCUT2D eigenvalue weighted by Gasteiger charge is 2.19. The fraction of sp³-hybridized carbons (Fsp3) is 0.238. The SMILES string of the molecule is C=CC(=O)Nc1ccc(C[C@H](NCOCc2ccccc2)C(=O)OC)cc1. The zero-order valence-corrected chi connectivity index (χ0v) is 15.3. The maximum atomic E-state index is 12.0. The lowest BCUT2D eigenvalue weighted by Crippen LogP contribution is -2.40. The second-order valence-corrected chi connectivity index (χ2v) is 5.85. The van der Waals surface area contributed by atoms with Crippen LogP contribution in [-0.2, 0) is 32.1 Å². The number of ether oxygens (including phenoxy) is 2. The Labute approximate surface area is 159 Å². The fourth-order valence-electron chi connectivity index (χ4n) is 2.44. The Morgan fingerprint density at radius 2 is 1.78 bits per heavy atom. The predicted octanol–water partition coefficient (Wildman–Crippen LogP) is 2.66. The Morgan fingerprint density at radius 3 is 2.41 bits per heavy atom. The molecule has 0 saturated carbocycles. The van der Waals surface area contributed by atoms with Crippen molar-refractivity contribution in [2.24, 2.45) is 0 Å². The monoisotopic (exact) mass is 368 g/mol. The van der Waals surface area contributed by atoms with Crippen LogP contribution in [0.15, 0.2) is 67.3 Å². The van der Waals surface area contributed by atoms with Crippen LogP contribution in [0.1, 0.15) is 11.1 Å². The Morgan fingerprint density at radius 1 is 1.07 bits per heavy atom. The molecule has 0 heterocycles. The van der Waals surface area contributed by atoms with Crippen LogP contribution in [-0.4, -0.2) is 31.8 Å². The van der Waals surface area contributed by atoms with Gasteiger partial charge in [0.15, 0.2) is 0 Å². The first-order valence-electron chi connectivity index (χ1n) is 8.57. The van der Waals surface area contributed by atoms with Gasteiger partial charge < -0.3 is 14.8 Å². The molecule has 0 fully saturated rings. The molecule has 0 aliphatic carbocycles. The van der Waals surface area contributed by atoms with E-state index in [4.69, 9.17) is 9.47 Å². The molecule has 2 rings (SSSR count). The van der Waals surface area contributed by atoms with Crippen molar-refractivity contribution in [3.8, 4) is 0 Å². The molecule has 142 valence electrons. The van der Waals surface area contributed by atoms with E-state index < -0.39 is 6.04 Å². The smallest absolute Gasteiger partial charge is 0.323 e. The summed E-state index contributed by atoms with van der Waals surface area (Å²) in [6.07, 6.45) is 1.65. The molecule has 1 atom stereocenters. The van der Waals surface area contributed by atoms with Crippen LogP contribution in [0, 0.1) is 0 Å². The van der Waals surface area contributed by atoms with Gasteiger partial charge in [0.2, 0.25) is 5.91 Å². The number of hydrogen-bond donors (Lipinski definition) is 2. The number of hydrogen-bond acceptors (Lipinski definition) is 5. The summed E-state index contributed by atoms with van der Waals surface area (Å²) in [6, 6.07) is 16.5. The molecule has 27 heavy (non-hydrogen) atoms. The van der Waals surface area contributed by atoms with Crippen molar-refractivity contribution >= 4 is 17.6 Å². The number of esters is 1. The molecule has 2 aromatic carbocycles. The van der Waals surface area contributed by atoms with Crippen LogP contribution >= 0.6 is 0 Å². The molecule has 2 aromatic rings. The molecule has 0 unspecified atom stereocenters. The lowest BCUT2D eigenvalue weighted by atomic mass is 10.1. The second kappa shape index (κ2) is 10.9. The summed E-state index contributed by atoms with van der Waals surface area (Å²) >= 11 is 0. The van der Waals surface area contributed by atoms with Gasteiger partial charge in [-0.15, -0.1) is 0 Å². The predicted molar refractivity (Wildman–Crippen MR) is 104 cm³/mol. The van der Waals surface area contributed by atoms with E-state index in [1.807, 2.05) is 42.5 Å². The van der Waals surface area contributed by atoms with Gasteiger partial charge >= 0.3 is 5.97 Å². The van der Waals surface area contributed by atoms with Crippen LogP contribution in [0.25, 0.3) is 0 Å². The number of methoxy groups -OCH3 is 1. The number of carbonyl (C=O) groups excluding carboxylic acids is 2. The summed E-state index contributed by atoms with van der Waals surface area (Å²) in [7, 11) is 1.36. The van der Waals surface area contributed by atoms with E-state index in [0.717, 1.165) is 11.1 Å². The van der Waals surface area contributed by atoms with Crippen molar-refractivity contribution in [2.75, 3.05) is 19.2 Å². The highest BCUT2D eigenvalue weighted by atomic mass is 16.5. The molecule has 2 N–H and O–H groups in total. The van der Waals surface area contributed by atoms with Gasteiger partial charge in [0, 0.05) is 5.69 Å². The summed E-state index contributed by atoms with van der Waals surface area (Å²) < 4.78 is 10.4. The van der Waals surface area contributed by atoms with Crippen molar-refractivity contribution in [1.82, 2.24) is 5.32 Å². The molecule has 0 bridgehead atoms. The van der Waals surface area contributed by atoms with Gasteiger partial charge in [0.05, 0.1) is 20.4 Å². The summed E-state index contributed by atoms with van der Waals surface area (Å²) in [5, 5.41) is 5.74. The van der Waals surface area contributed by atoms with Crippen molar-refractivity contribution < 1.29 is 19.1 Å². The van der Waals surface area contributed by atoms with Gasteiger partial charge in [-0.3, -0.25) is 14.9 Å². The normalized spacial score (nSPS) is 11.4. The summed E-state index contributed by atoms with van der Waals surface area (Å²) in [6.45, 7) is 4.10. The van der Waals surface area contributed by atoms with Gasteiger partial charge in [-0.1, -0.05) is 49.0 Å². The second-order valence-electron chi connectivity index (χ2n) is 5.85. The standard InChI is InChI=1S/C21H24N2O4/c1-3-20(24)23-18-11-9-16(10-12-18)13-19(21(25)26-2)22-15-27-14-17-7-5-4-6-8-17/h3-12,19,22H,1,13-15H2,2H3,(H,23,24)/t19-/m0/s1. The van der Waals surface area contributed by atoms with Crippen molar-refractivity contribution in [2.45, 2.75) is 19.1 Å². The highest BCUT2D eigenvalue weighted by molar-refractivity contribution is 5.98. The minimum Gasteiger partial charge on any atom is -0.468 e. The van der Waals surface area contributed by atoms with E-state index in [9.17, 15) is 9.59 Å². The number of rotatable bonds is 10. The molecule has 0 aromatic heterocycles. The first kappa shape index (κ1) is 20.4. The zero-order chi connectivity index (χ0) is 19.5. The average Bonchev–Trinajstić information content (AvgIpc) is 2.71. The van der Waals surface area contributed by atoms with Crippen LogP contribution in [0.5, 0.6) is 0 Å². The number of anilines is 1. The van der Waals surface area contributed by atoms with Crippen molar-refractivity contribution in [3.63, 3.8) is 0 Å².